The van der Waals surface area contributed by atoms with E-state index in [1.165, 1.54) is 6.20 Å². The summed E-state index contributed by atoms with van der Waals surface area (Å²) in [6.07, 6.45) is 3.73. The molecule has 1 aromatic heterocycles. The molecule has 4 heteroatoms. The fraction of sp³-hybridized carbons (Fsp3) is 0. The highest BCUT2D eigenvalue weighted by Crippen LogP contribution is 2.15. The number of benzene rings is 1. The third-order valence-electron chi connectivity index (χ3n) is 1.93. The minimum atomic E-state index is 0.449. The van der Waals surface area contributed by atoms with E-state index in [2.05, 4.69) is 15.3 Å². The minimum absolute atomic E-state index is 0.449. The second kappa shape index (κ2) is 4.32. The van der Waals surface area contributed by atoms with Crippen molar-refractivity contribution in [2.24, 2.45) is 0 Å². The summed E-state index contributed by atoms with van der Waals surface area (Å²) in [5, 5.41) is 2.43. The topological polar surface area (TPSA) is 54.9 Å². The van der Waals surface area contributed by atoms with Gasteiger partial charge in [-0.15, -0.1) is 0 Å². The number of anilines is 1. The third-order valence-corrected chi connectivity index (χ3v) is 1.93. The van der Waals surface area contributed by atoms with E-state index >= 15 is 0 Å². The van der Waals surface area contributed by atoms with Crippen molar-refractivity contribution in [3.63, 3.8) is 0 Å². The lowest BCUT2D eigenvalue weighted by atomic mass is 10.2. The number of nitrogens with zero attached hydrogens (tertiary/aromatic N) is 2. The van der Waals surface area contributed by atoms with Gasteiger partial charge >= 0.3 is 0 Å². The quantitative estimate of drug-likeness (QED) is 0.765. The van der Waals surface area contributed by atoms with E-state index in [9.17, 15) is 4.79 Å². The smallest absolute Gasteiger partial charge is 0.212 e. The lowest BCUT2D eigenvalue weighted by Crippen LogP contribution is -1.97. The molecule has 1 heterocycles. The maximum atomic E-state index is 10.2. The minimum Gasteiger partial charge on any atom is -0.312 e. The molecule has 4 nitrogen and oxygen atoms in total. The SMILES string of the molecule is O=CNc1cnc(-c2ccccc2)cn1. The van der Waals surface area contributed by atoms with Gasteiger partial charge in [0, 0.05) is 5.56 Å². The summed E-state index contributed by atoms with van der Waals surface area (Å²) in [4.78, 5) is 18.4. The summed E-state index contributed by atoms with van der Waals surface area (Å²) in [5.41, 5.74) is 1.79. The molecule has 0 unspecified atom stereocenters. The van der Waals surface area contributed by atoms with Crippen LogP contribution in [0.4, 0.5) is 5.82 Å². The van der Waals surface area contributed by atoms with Gasteiger partial charge in [0.2, 0.25) is 6.41 Å². The van der Waals surface area contributed by atoms with Crippen molar-refractivity contribution in [2.45, 2.75) is 0 Å². The van der Waals surface area contributed by atoms with Gasteiger partial charge in [0.25, 0.3) is 0 Å². The molecule has 0 saturated carbocycles. The van der Waals surface area contributed by atoms with Crippen LogP contribution in [-0.4, -0.2) is 16.4 Å². The molecule has 0 aliphatic heterocycles. The van der Waals surface area contributed by atoms with Crippen molar-refractivity contribution in [1.82, 2.24) is 9.97 Å². The molecular formula is C11H9N3O. The number of carbonyl (C=O) groups excluding carboxylic acids is 1. The summed E-state index contributed by atoms with van der Waals surface area (Å²) in [7, 11) is 0. The first-order valence-corrected chi connectivity index (χ1v) is 4.48. The van der Waals surface area contributed by atoms with Gasteiger partial charge < -0.3 is 5.32 Å². The first-order chi connectivity index (χ1) is 7.40. The highest BCUT2D eigenvalue weighted by Gasteiger charge is 1.98. The van der Waals surface area contributed by atoms with Crippen LogP contribution in [-0.2, 0) is 4.79 Å². The molecule has 0 aliphatic rings. The van der Waals surface area contributed by atoms with Gasteiger partial charge in [-0.1, -0.05) is 30.3 Å². The Morgan fingerprint density at radius 1 is 1.07 bits per heavy atom. The van der Waals surface area contributed by atoms with Crippen molar-refractivity contribution >= 4 is 12.2 Å². The van der Waals surface area contributed by atoms with Crippen LogP contribution in [0.15, 0.2) is 42.7 Å². The zero-order valence-electron chi connectivity index (χ0n) is 7.92. The van der Waals surface area contributed by atoms with E-state index in [-0.39, 0.29) is 0 Å². The van der Waals surface area contributed by atoms with Crippen LogP contribution >= 0.6 is 0 Å². The maximum absolute atomic E-state index is 10.2. The number of carbonyl (C=O) groups is 1. The highest BCUT2D eigenvalue weighted by molar-refractivity contribution is 5.68. The zero-order valence-corrected chi connectivity index (χ0v) is 7.92. The van der Waals surface area contributed by atoms with Crippen LogP contribution in [0.5, 0.6) is 0 Å². The number of aromatic nitrogens is 2. The molecule has 0 aliphatic carbocycles. The average molecular weight is 199 g/mol. The van der Waals surface area contributed by atoms with Gasteiger partial charge in [-0.25, -0.2) is 4.98 Å². The van der Waals surface area contributed by atoms with Crippen LogP contribution in [0.25, 0.3) is 11.3 Å². The number of rotatable bonds is 3. The molecule has 2 rings (SSSR count). The predicted molar refractivity (Wildman–Crippen MR) is 57.2 cm³/mol. The van der Waals surface area contributed by atoms with Gasteiger partial charge in [-0.3, -0.25) is 9.78 Å². The second-order valence-electron chi connectivity index (χ2n) is 2.92. The lowest BCUT2D eigenvalue weighted by molar-refractivity contribution is -0.105. The Bertz CT molecular complexity index is 439. The largest absolute Gasteiger partial charge is 0.312 e. The summed E-state index contributed by atoms with van der Waals surface area (Å²) < 4.78 is 0. The van der Waals surface area contributed by atoms with E-state index in [1.807, 2.05) is 30.3 Å². The van der Waals surface area contributed by atoms with Gasteiger partial charge in [0.15, 0.2) is 5.82 Å². The Hall–Kier alpha value is -2.23. The number of hydrogen-bond acceptors (Lipinski definition) is 3. The predicted octanol–water partition coefficient (Wildman–Crippen LogP) is 1.71. The Morgan fingerprint density at radius 2 is 1.87 bits per heavy atom. The lowest BCUT2D eigenvalue weighted by Gasteiger charge is -2.00. The number of amides is 1. The van der Waals surface area contributed by atoms with E-state index in [1.54, 1.807) is 6.20 Å². The van der Waals surface area contributed by atoms with Crippen molar-refractivity contribution in [1.29, 1.82) is 0 Å². The van der Waals surface area contributed by atoms with E-state index in [0.29, 0.717) is 12.2 Å². The molecule has 2 aromatic rings. The van der Waals surface area contributed by atoms with Crippen LogP contribution < -0.4 is 5.32 Å². The average Bonchev–Trinajstić information content (AvgIpc) is 2.32. The molecular weight excluding hydrogens is 190 g/mol. The normalized spacial score (nSPS) is 9.60. The van der Waals surface area contributed by atoms with E-state index in [0.717, 1.165) is 11.3 Å². The molecule has 0 bridgehead atoms. The molecule has 74 valence electrons. The molecule has 0 radical (unpaired) electrons. The van der Waals surface area contributed by atoms with Crippen LogP contribution in [0, 0.1) is 0 Å². The van der Waals surface area contributed by atoms with Crippen LogP contribution in [0.2, 0.25) is 0 Å². The summed E-state index contributed by atoms with van der Waals surface area (Å²) in [6, 6.07) is 9.73. The standard InChI is InChI=1S/C11H9N3O/c15-8-14-11-7-12-10(6-13-11)9-4-2-1-3-5-9/h1-8H,(H,13,14,15). The van der Waals surface area contributed by atoms with Crippen molar-refractivity contribution in [3.8, 4) is 11.3 Å². The molecule has 15 heavy (non-hydrogen) atoms. The summed E-state index contributed by atoms with van der Waals surface area (Å²) in [5.74, 6) is 0.449. The van der Waals surface area contributed by atoms with Crippen molar-refractivity contribution < 1.29 is 4.79 Å². The third kappa shape index (κ3) is 2.17. The number of nitrogens with one attached hydrogen (secondary N) is 1. The van der Waals surface area contributed by atoms with Gasteiger partial charge in [0.1, 0.15) is 0 Å². The first kappa shape index (κ1) is 9.33. The Kier molecular flexibility index (Phi) is 2.69. The highest BCUT2D eigenvalue weighted by atomic mass is 16.1. The van der Waals surface area contributed by atoms with Crippen LogP contribution in [0.3, 0.4) is 0 Å². The Labute approximate surface area is 87.0 Å². The number of hydrogen-bond donors (Lipinski definition) is 1. The summed E-state index contributed by atoms with van der Waals surface area (Å²) in [6.45, 7) is 0. The van der Waals surface area contributed by atoms with Gasteiger partial charge in [-0.05, 0) is 0 Å². The fourth-order valence-corrected chi connectivity index (χ4v) is 1.22. The molecule has 0 atom stereocenters. The molecule has 0 fully saturated rings. The zero-order chi connectivity index (χ0) is 10.5. The first-order valence-electron chi connectivity index (χ1n) is 4.48. The van der Waals surface area contributed by atoms with E-state index in [4.69, 9.17) is 0 Å². The van der Waals surface area contributed by atoms with Gasteiger partial charge in [-0.2, -0.15) is 0 Å². The summed E-state index contributed by atoms with van der Waals surface area (Å²) >= 11 is 0. The second-order valence-corrected chi connectivity index (χ2v) is 2.92. The molecule has 1 N–H and O–H groups in total. The molecule has 0 spiro atoms. The molecule has 0 saturated heterocycles. The Morgan fingerprint density at radius 3 is 2.47 bits per heavy atom. The monoisotopic (exact) mass is 199 g/mol. The van der Waals surface area contributed by atoms with Crippen molar-refractivity contribution in [3.05, 3.63) is 42.7 Å². The van der Waals surface area contributed by atoms with Crippen molar-refractivity contribution in [2.75, 3.05) is 5.32 Å². The molecule has 1 amide bonds. The Balaban J connectivity index is 2.28. The fourth-order valence-electron chi connectivity index (χ4n) is 1.22. The van der Waals surface area contributed by atoms with Gasteiger partial charge in [0.05, 0.1) is 18.1 Å². The van der Waals surface area contributed by atoms with E-state index < -0.39 is 0 Å². The maximum Gasteiger partial charge on any atom is 0.212 e. The van der Waals surface area contributed by atoms with Crippen LogP contribution in [0.1, 0.15) is 0 Å². The molecule has 1 aromatic carbocycles.